The minimum absolute atomic E-state index is 0.0958. The number of ether oxygens (including phenoxy) is 1. The second-order valence-electron chi connectivity index (χ2n) is 7.39. The van der Waals surface area contributed by atoms with Gasteiger partial charge in [-0.2, -0.15) is 0 Å². The molecule has 0 aliphatic carbocycles. The number of esters is 1. The SMILES string of the molecule is COC(=O)c1c(CC2CCN(Cl)CC2)c(=O)c2ccccc2n1-c1ccccc1. The molecule has 6 heteroatoms. The zero-order valence-electron chi connectivity index (χ0n) is 16.3. The molecule has 0 unspecified atom stereocenters. The van der Waals surface area contributed by atoms with Crippen LogP contribution in [0, 0.1) is 5.92 Å². The van der Waals surface area contributed by atoms with Gasteiger partial charge in [0.15, 0.2) is 5.43 Å². The molecule has 2 aromatic carbocycles. The van der Waals surface area contributed by atoms with Crippen molar-refractivity contribution in [3.05, 3.63) is 76.1 Å². The van der Waals surface area contributed by atoms with Crippen LogP contribution in [0.15, 0.2) is 59.4 Å². The van der Waals surface area contributed by atoms with Gasteiger partial charge in [-0.25, -0.2) is 9.21 Å². The van der Waals surface area contributed by atoms with Crippen LogP contribution in [0.25, 0.3) is 16.6 Å². The zero-order valence-corrected chi connectivity index (χ0v) is 17.1. The van der Waals surface area contributed by atoms with Crippen molar-refractivity contribution in [3.63, 3.8) is 0 Å². The Morgan fingerprint density at radius 2 is 1.72 bits per heavy atom. The molecule has 150 valence electrons. The Kier molecular flexibility index (Phi) is 5.69. The average molecular weight is 411 g/mol. The molecule has 29 heavy (non-hydrogen) atoms. The van der Waals surface area contributed by atoms with E-state index in [4.69, 9.17) is 16.5 Å². The van der Waals surface area contributed by atoms with E-state index in [0.29, 0.717) is 34.5 Å². The first kappa shape index (κ1) is 19.7. The maximum absolute atomic E-state index is 13.4. The normalized spacial score (nSPS) is 15.5. The summed E-state index contributed by atoms with van der Waals surface area (Å²) in [5.74, 6) is -0.201. The summed E-state index contributed by atoms with van der Waals surface area (Å²) in [7, 11) is 1.35. The van der Waals surface area contributed by atoms with Crippen LogP contribution in [0.5, 0.6) is 0 Å². The van der Waals surface area contributed by atoms with Gasteiger partial charge in [0.05, 0.1) is 12.6 Å². The van der Waals surface area contributed by atoms with Gasteiger partial charge in [-0.1, -0.05) is 30.3 Å². The second kappa shape index (κ2) is 8.39. The molecule has 1 fully saturated rings. The molecule has 0 radical (unpaired) electrons. The highest BCUT2D eigenvalue weighted by atomic mass is 35.5. The van der Waals surface area contributed by atoms with Crippen LogP contribution in [-0.4, -0.2) is 35.2 Å². The van der Waals surface area contributed by atoms with Crippen LogP contribution in [-0.2, 0) is 11.2 Å². The number of methoxy groups -OCH3 is 1. The Labute approximate surface area is 174 Å². The third kappa shape index (κ3) is 3.80. The van der Waals surface area contributed by atoms with E-state index in [1.165, 1.54) is 7.11 Å². The Morgan fingerprint density at radius 1 is 1.07 bits per heavy atom. The van der Waals surface area contributed by atoms with Crippen molar-refractivity contribution < 1.29 is 9.53 Å². The average Bonchev–Trinajstić information content (AvgIpc) is 2.77. The van der Waals surface area contributed by atoms with Crippen molar-refractivity contribution in [2.75, 3.05) is 20.2 Å². The van der Waals surface area contributed by atoms with Crippen LogP contribution < -0.4 is 5.43 Å². The summed E-state index contributed by atoms with van der Waals surface area (Å²) in [6.45, 7) is 1.56. The first-order chi connectivity index (χ1) is 14.1. The van der Waals surface area contributed by atoms with E-state index >= 15 is 0 Å². The molecular weight excluding hydrogens is 388 g/mol. The monoisotopic (exact) mass is 410 g/mol. The molecule has 2 heterocycles. The maximum atomic E-state index is 13.4. The zero-order chi connectivity index (χ0) is 20.4. The van der Waals surface area contributed by atoms with E-state index in [-0.39, 0.29) is 5.43 Å². The molecule has 1 aliphatic heterocycles. The molecule has 5 nitrogen and oxygen atoms in total. The fraction of sp³-hybridized carbons (Fsp3) is 0.304. The number of fused-ring (bicyclic) bond motifs is 1. The summed E-state index contributed by atoms with van der Waals surface area (Å²) in [6, 6.07) is 17.0. The number of hydrogen-bond donors (Lipinski definition) is 0. The molecule has 0 N–H and O–H groups in total. The van der Waals surface area contributed by atoms with Crippen molar-refractivity contribution in [3.8, 4) is 5.69 Å². The number of aromatic nitrogens is 1. The molecule has 0 spiro atoms. The lowest BCUT2D eigenvalue weighted by molar-refractivity contribution is 0.0589. The Morgan fingerprint density at radius 3 is 2.41 bits per heavy atom. The Hall–Kier alpha value is -2.63. The van der Waals surface area contributed by atoms with Crippen molar-refractivity contribution in [1.29, 1.82) is 0 Å². The first-order valence-electron chi connectivity index (χ1n) is 9.81. The van der Waals surface area contributed by atoms with Gasteiger partial charge in [-0.3, -0.25) is 4.79 Å². The van der Waals surface area contributed by atoms with E-state index in [1.807, 2.05) is 59.2 Å². The quantitative estimate of drug-likeness (QED) is 0.478. The number of piperidine rings is 1. The lowest BCUT2D eigenvalue weighted by Crippen LogP contribution is -2.31. The number of pyridine rings is 1. The number of halogens is 1. The summed E-state index contributed by atoms with van der Waals surface area (Å²) in [4.78, 5) is 26.3. The largest absolute Gasteiger partial charge is 0.464 e. The summed E-state index contributed by atoms with van der Waals surface area (Å²) >= 11 is 6.10. The number of carbonyl (C=O) groups excluding carboxylic acids is 1. The van der Waals surface area contributed by atoms with Gasteiger partial charge in [0.2, 0.25) is 0 Å². The van der Waals surface area contributed by atoms with Crippen molar-refractivity contribution in [1.82, 2.24) is 8.99 Å². The van der Waals surface area contributed by atoms with Crippen LogP contribution in [0.1, 0.15) is 28.9 Å². The second-order valence-corrected chi connectivity index (χ2v) is 7.87. The number of rotatable bonds is 4. The number of nitrogens with zero attached hydrogens (tertiary/aromatic N) is 2. The third-order valence-electron chi connectivity index (χ3n) is 5.62. The maximum Gasteiger partial charge on any atom is 0.355 e. The molecule has 0 saturated carbocycles. The van der Waals surface area contributed by atoms with Crippen LogP contribution in [0.4, 0.5) is 0 Å². The van der Waals surface area contributed by atoms with E-state index < -0.39 is 5.97 Å². The topological polar surface area (TPSA) is 51.5 Å². The molecule has 4 rings (SSSR count). The van der Waals surface area contributed by atoms with Gasteiger partial charge in [0.25, 0.3) is 0 Å². The fourth-order valence-electron chi connectivity index (χ4n) is 4.13. The van der Waals surface area contributed by atoms with Crippen LogP contribution >= 0.6 is 11.8 Å². The highest BCUT2D eigenvalue weighted by molar-refractivity contribution is 6.13. The van der Waals surface area contributed by atoms with Gasteiger partial charge in [0.1, 0.15) is 5.69 Å². The number of para-hydroxylation sites is 2. The number of benzene rings is 2. The number of carbonyl (C=O) groups is 1. The first-order valence-corrected chi connectivity index (χ1v) is 10.1. The van der Waals surface area contributed by atoms with Gasteiger partial charge >= 0.3 is 5.97 Å². The van der Waals surface area contributed by atoms with Crippen molar-refractivity contribution in [2.24, 2.45) is 5.92 Å². The molecule has 0 atom stereocenters. The summed E-state index contributed by atoms with van der Waals surface area (Å²) in [6.07, 6.45) is 2.31. The number of hydrogen-bond acceptors (Lipinski definition) is 4. The molecule has 1 aromatic heterocycles. The fourth-order valence-corrected chi connectivity index (χ4v) is 4.32. The summed E-state index contributed by atoms with van der Waals surface area (Å²) in [5.41, 5.74) is 2.26. The highest BCUT2D eigenvalue weighted by Crippen LogP contribution is 2.27. The minimum atomic E-state index is -0.499. The van der Waals surface area contributed by atoms with E-state index in [0.717, 1.165) is 31.6 Å². The van der Waals surface area contributed by atoms with Crippen LogP contribution in [0.3, 0.4) is 0 Å². The molecule has 0 bridgehead atoms. The predicted octanol–water partition coefficient (Wildman–Crippen LogP) is 4.19. The lowest BCUT2D eigenvalue weighted by Gasteiger charge is -2.28. The molecule has 1 saturated heterocycles. The summed E-state index contributed by atoms with van der Waals surface area (Å²) in [5, 5.41) is 0.605. The van der Waals surface area contributed by atoms with Crippen molar-refractivity contribution in [2.45, 2.75) is 19.3 Å². The highest BCUT2D eigenvalue weighted by Gasteiger charge is 2.27. The molecular formula is C23H23ClN2O3. The van der Waals surface area contributed by atoms with Gasteiger partial charge in [-0.05, 0) is 61.2 Å². The van der Waals surface area contributed by atoms with Gasteiger partial charge in [-0.15, -0.1) is 0 Å². The lowest BCUT2D eigenvalue weighted by atomic mass is 9.89. The third-order valence-corrected chi connectivity index (χ3v) is 5.96. The van der Waals surface area contributed by atoms with E-state index in [9.17, 15) is 9.59 Å². The summed E-state index contributed by atoms with van der Waals surface area (Å²) < 4.78 is 8.76. The van der Waals surface area contributed by atoms with Gasteiger partial charge in [0, 0.05) is 29.7 Å². The van der Waals surface area contributed by atoms with Crippen LogP contribution in [0.2, 0.25) is 0 Å². The van der Waals surface area contributed by atoms with Crippen molar-refractivity contribution >= 4 is 28.6 Å². The van der Waals surface area contributed by atoms with E-state index in [1.54, 1.807) is 4.42 Å². The minimum Gasteiger partial charge on any atom is -0.464 e. The smallest absolute Gasteiger partial charge is 0.355 e. The molecule has 0 amide bonds. The molecule has 1 aliphatic rings. The molecule has 3 aromatic rings. The predicted molar refractivity (Wildman–Crippen MR) is 115 cm³/mol. The standard InChI is InChI=1S/C23H23ClN2O3/c1-29-23(28)21-19(15-16-11-13-25(24)14-12-16)22(27)18-9-5-6-10-20(18)26(21)17-7-3-2-4-8-17/h2-10,16H,11-15H2,1H3. The van der Waals surface area contributed by atoms with E-state index in [2.05, 4.69) is 0 Å². The van der Waals surface area contributed by atoms with Gasteiger partial charge < -0.3 is 9.30 Å². The Bertz CT molecular complexity index is 1090. The Balaban J connectivity index is 1.97.